The molecule has 1 aromatic heterocycles. The molecule has 0 bridgehead atoms. The predicted octanol–water partition coefficient (Wildman–Crippen LogP) is 5.78. The maximum atomic E-state index is 14.4. The fourth-order valence-corrected chi connectivity index (χ4v) is 4.85. The van der Waals surface area contributed by atoms with Crippen LogP contribution < -0.4 is 4.90 Å². The van der Waals surface area contributed by atoms with Crippen molar-refractivity contribution in [3.05, 3.63) is 108 Å². The van der Waals surface area contributed by atoms with Crippen LogP contribution in [0.3, 0.4) is 0 Å². The van der Waals surface area contributed by atoms with E-state index >= 15 is 0 Å². The number of amides is 2. The van der Waals surface area contributed by atoms with Gasteiger partial charge in [-0.15, -0.1) is 0 Å². The van der Waals surface area contributed by atoms with Gasteiger partial charge in [0.05, 0.1) is 12.2 Å². The van der Waals surface area contributed by atoms with E-state index in [9.17, 15) is 14.0 Å². The third kappa shape index (κ3) is 4.22. The van der Waals surface area contributed by atoms with Gasteiger partial charge in [-0.2, -0.15) is 0 Å². The van der Waals surface area contributed by atoms with Gasteiger partial charge in [-0.05, 0) is 49.0 Å². The SMILES string of the molecule is CCCN1C(=O)/C(=C\c2cn(Cc3ccccc3F)c3ccccc23)C(=O)N(c2ccccc2)C1=S. The van der Waals surface area contributed by atoms with Crippen LogP contribution >= 0.6 is 12.2 Å². The predicted molar refractivity (Wildman–Crippen MR) is 144 cm³/mol. The highest BCUT2D eigenvalue weighted by Crippen LogP contribution is 2.29. The van der Waals surface area contributed by atoms with Gasteiger partial charge < -0.3 is 4.57 Å². The van der Waals surface area contributed by atoms with Crippen molar-refractivity contribution in [1.29, 1.82) is 0 Å². The number of aromatic nitrogens is 1. The summed E-state index contributed by atoms with van der Waals surface area (Å²) in [5.41, 5.74) is 2.78. The van der Waals surface area contributed by atoms with Gasteiger partial charge in [-0.1, -0.05) is 61.5 Å². The molecule has 1 fully saturated rings. The maximum absolute atomic E-state index is 14.4. The van der Waals surface area contributed by atoms with Gasteiger partial charge in [0.2, 0.25) is 0 Å². The van der Waals surface area contributed by atoms with Crippen LogP contribution in [0.25, 0.3) is 17.0 Å². The van der Waals surface area contributed by atoms with E-state index in [0.717, 1.165) is 10.9 Å². The minimum atomic E-state index is -0.463. The normalized spacial score (nSPS) is 15.4. The Kier molecular flexibility index (Phi) is 6.48. The van der Waals surface area contributed by atoms with Gasteiger partial charge in [0.1, 0.15) is 11.4 Å². The molecule has 5 nitrogen and oxygen atoms in total. The van der Waals surface area contributed by atoms with Crippen LogP contribution in [0.4, 0.5) is 10.1 Å². The molecule has 0 atom stereocenters. The number of rotatable bonds is 6. The van der Waals surface area contributed by atoms with Crippen molar-refractivity contribution < 1.29 is 14.0 Å². The molecular formula is C29H24FN3O2S. The largest absolute Gasteiger partial charge is 0.342 e. The summed E-state index contributed by atoms with van der Waals surface area (Å²) in [7, 11) is 0. The van der Waals surface area contributed by atoms with E-state index in [4.69, 9.17) is 12.2 Å². The first-order chi connectivity index (χ1) is 17.5. The molecule has 7 heteroatoms. The summed E-state index contributed by atoms with van der Waals surface area (Å²) in [5.74, 6) is -1.16. The van der Waals surface area contributed by atoms with E-state index in [1.807, 2.05) is 60.2 Å². The Morgan fingerprint density at radius 1 is 0.889 bits per heavy atom. The molecular weight excluding hydrogens is 473 g/mol. The van der Waals surface area contributed by atoms with Crippen LogP contribution in [0.5, 0.6) is 0 Å². The minimum absolute atomic E-state index is 0.0368. The third-order valence-electron chi connectivity index (χ3n) is 6.21. The van der Waals surface area contributed by atoms with Crippen LogP contribution in [0, 0.1) is 5.82 Å². The van der Waals surface area contributed by atoms with E-state index in [1.54, 1.807) is 36.4 Å². The van der Waals surface area contributed by atoms with E-state index < -0.39 is 11.8 Å². The fourth-order valence-electron chi connectivity index (χ4n) is 4.49. The lowest BCUT2D eigenvalue weighted by Gasteiger charge is -2.36. The average Bonchev–Trinajstić information content (AvgIpc) is 3.23. The number of benzene rings is 3. The van der Waals surface area contributed by atoms with Crippen molar-refractivity contribution >= 4 is 51.8 Å². The standard InChI is InChI=1S/C29H24FN3O2S/c1-2-16-32-27(34)24(28(35)33(29(32)36)22-11-4-3-5-12-22)17-21-19-31(26-15-9-7-13-23(21)26)18-20-10-6-8-14-25(20)30/h3-15,17,19H,2,16,18H2,1H3/b24-17+. The number of carbonyl (C=O) groups is 2. The van der Waals surface area contributed by atoms with Gasteiger partial charge in [0, 0.05) is 34.8 Å². The lowest BCUT2D eigenvalue weighted by molar-refractivity contribution is -0.127. The molecule has 0 unspecified atom stereocenters. The number of hydrogen-bond acceptors (Lipinski definition) is 3. The Labute approximate surface area is 214 Å². The van der Waals surface area contributed by atoms with Gasteiger partial charge in [-0.25, -0.2) is 4.39 Å². The number of nitrogens with zero attached hydrogens (tertiary/aromatic N) is 3. The molecule has 4 aromatic rings. The molecule has 0 aliphatic carbocycles. The fraction of sp³-hybridized carbons (Fsp3) is 0.138. The van der Waals surface area contributed by atoms with E-state index in [-0.39, 0.29) is 16.5 Å². The zero-order valence-electron chi connectivity index (χ0n) is 19.7. The molecule has 180 valence electrons. The molecule has 0 saturated carbocycles. The van der Waals surface area contributed by atoms with Crippen molar-refractivity contribution in [2.24, 2.45) is 0 Å². The molecule has 2 amide bonds. The van der Waals surface area contributed by atoms with E-state index in [0.29, 0.717) is 36.3 Å². The highest BCUT2D eigenvalue weighted by atomic mass is 32.1. The van der Waals surface area contributed by atoms with Crippen molar-refractivity contribution in [1.82, 2.24) is 9.47 Å². The van der Waals surface area contributed by atoms with Crippen LogP contribution in [0.15, 0.2) is 90.6 Å². The number of para-hydroxylation sites is 2. The smallest absolute Gasteiger partial charge is 0.270 e. The Morgan fingerprint density at radius 3 is 2.33 bits per heavy atom. The summed E-state index contributed by atoms with van der Waals surface area (Å²) in [6.07, 6.45) is 4.18. The lowest BCUT2D eigenvalue weighted by Crippen LogP contribution is -2.56. The first-order valence-electron chi connectivity index (χ1n) is 11.8. The number of fused-ring (bicyclic) bond motifs is 1. The summed E-state index contributed by atoms with van der Waals surface area (Å²) in [4.78, 5) is 30.0. The molecule has 36 heavy (non-hydrogen) atoms. The first kappa shape index (κ1) is 23.6. The minimum Gasteiger partial charge on any atom is -0.342 e. The number of hydrogen-bond donors (Lipinski definition) is 0. The molecule has 1 aliphatic heterocycles. The van der Waals surface area contributed by atoms with Crippen LogP contribution in [0.1, 0.15) is 24.5 Å². The Morgan fingerprint density at radius 2 is 1.58 bits per heavy atom. The maximum Gasteiger partial charge on any atom is 0.270 e. The van der Waals surface area contributed by atoms with Crippen molar-refractivity contribution in [3.8, 4) is 0 Å². The van der Waals surface area contributed by atoms with Crippen LogP contribution in [-0.4, -0.2) is 32.9 Å². The van der Waals surface area contributed by atoms with E-state index in [2.05, 4.69) is 0 Å². The monoisotopic (exact) mass is 497 g/mol. The molecule has 0 spiro atoms. The Balaban J connectivity index is 1.62. The molecule has 1 aliphatic rings. The second-order valence-electron chi connectivity index (χ2n) is 8.59. The number of thiocarbonyl (C=S) groups is 1. The number of carbonyl (C=O) groups excluding carboxylic acids is 2. The summed E-state index contributed by atoms with van der Waals surface area (Å²) < 4.78 is 16.3. The van der Waals surface area contributed by atoms with Crippen molar-refractivity contribution in [3.63, 3.8) is 0 Å². The summed E-state index contributed by atoms with van der Waals surface area (Å²) in [5, 5.41) is 1.04. The number of halogens is 1. The van der Waals surface area contributed by atoms with Crippen LogP contribution in [-0.2, 0) is 16.1 Å². The summed E-state index contributed by atoms with van der Waals surface area (Å²) in [6, 6.07) is 23.4. The van der Waals surface area contributed by atoms with Crippen molar-refractivity contribution in [2.75, 3.05) is 11.4 Å². The second-order valence-corrected chi connectivity index (χ2v) is 8.96. The molecule has 5 rings (SSSR count). The van der Waals surface area contributed by atoms with Gasteiger partial charge in [0.15, 0.2) is 5.11 Å². The average molecular weight is 498 g/mol. The highest BCUT2D eigenvalue weighted by Gasteiger charge is 2.40. The lowest BCUT2D eigenvalue weighted by atomic mass is 10.0. The van der Waals surface area contributed by atoms with E-state index in [1.165, 1.54) is 15.9 Å². The first-order valence-corrected chi connectivity index (χ1v) is 12.2. The molecule has 2 heterocycles. The Bertz CT molecular complexity index is 1510. The molecule has 3 aromatic carbocycles. The number of anilines is 1. The zero-order valence-corrected chi connectivity index (χ0v) is 20.5. The topological polar surface area (TPSA) is 45.6 Å². The molecule has 0 radical (unpaired) electrons. The molecule has 0 N–H and O–H groups in total. The van der Waals surface area contributed by atoms with Gasteiger partial charge >= 0.3 is 0 Å². The third-order valence-corrected chi connectivity index (χ3v) is 6.61. The quantitative estimate of drug-likeness (QED) is 0.193. The van der Waals surface area contributed by atoms with Gasteiger partial charge in [0.25, 0.3) is 11.8 Å². The second kappa shape index (κ2) is 9.87. The van der Waals surface area contributed by atoms with Crippen molar-refractivity contribution in [2.45, 2.75) is 19.9 Å². The summed E-state index contributed by atoms with van der Waals surface area (Å²) >= 11 is 5.58. The molecule has 1 saturated heterocycles. The summed E-state index contributed by atoms with van der Waals surface area (Å²) in [6.45, 7) is 2.68. The van der Waals surface area contributed by atoms with Gasteiger partial charge in [-0.3, -0.25) is 19.4 Å². The van der Waals surface area contributed by atoms with Crippen LogP contribution in [0.2, 0.25) is 0 Å². The Hall–Kier alpha value is -4.10. The highest BCUT2D eigenvalue weighted by molar-refractivity contribution is 7.80. The zero-order chi connectivity index (χ0) is 25.2.